The number of rotatable bonds is 3. The highest BCUT2D eigenvalue weighted by Crippen LogP contribution is 2.18. The molecule has 1 unspecified atom stereocenters. The molecule has 0 bridgehead atoms. The molecule has 8 heteroatoms. The van der Waals surface area contributed by atoms with E-state index in [0.717, 1.165) is 5.01 Å². The summed E-state index contributed by atoms with van der Waals surface area (Å²) in [5, 5.41) is 5.23. The molecule has 0 saturated carbocycles. The first-order valence-corrected chi connectivity index (χ1v) is 7.15. The van der Waals surface area contributed by atoms with Gasteiger partial charge in [-0.2, -0.15) is 0 Å². The minimum atomic E-state index is -0.427. The van der Waals surface area contributed by atoms with E-state index in [1.54, 1.807) is 10.3 Å². The number of carbonyl (C=O) groups is 2. The van der Waals surface area contributed by atoms with Crippen LogP contribution >= 0.6 is 23.7 Å². The highest BCUT2D eigenvalue weighted by molar-refractivity contribution is 7.09. The first-order valence-electron chi connectivity index (χ1n) is 6.27. The number of amides is 2. The van der Waals surface area contributed by atoms with Gasteiger partial charge in [0, 0.05) is 25.0 Å². The summed E-state index contributed by atoms with van der Waals surface area (Å²) in [6, 6.07) is -0.427. The molecule has 2 amide bonds. The van der Waals surface area contributed by atoms with Crippen LogP contribution in [0.5, 0.6) is 0 Å². The maximum Gasteiger partial charge on any atom is 0.274 e. The summed E-state index contributed by atoms with van der Waals surface area (Å²) in [7, 11) is 0. The van der Waals surface area contributed by atoms with E-state index in [4.69, 9.17) is 5.73 Å². The van der Waals surface area contributed by atoms with Crippen molar-refractivity contribution in [2.45, 2.75) is 26.4 Å². The number of nitrogens with zero attached hydrogens (tertiary/aromatic N) is 2. The van der Waals surface area contributed by atoms with Gasteiger partial charge < -0.3 is 16.0 Å². The standard InChI is InChI=1S/C12H18N4O2S.ClH/c1-7(2)10-11(17)14-3-4-16(10)12(18)8-6-19-9(5-13)15-8;/h6-7,10H,3-5,13H2,1-2H3,(H,14,17);1H. The van der Waals surface area contributed by atoms with Crippen molar-refractivity contribution in [2.24, 2.45) is 11.7 Å². The Hall–Kier alpha value is -1.18. The van der Waals surface area contributed by atoms with Crippen LogP contribution in [0.1, 0.15) is 29.3 Å². The molecule has 2 heterocycles. The third kappa shape index (κ3) is 3.28. The molecule has 0 aliphatic carbocycles. The molecule has 1 fully saturated rings. The van der Waals surface area contributed by atoms with Gasteiger partial charge in [-0.25, -0.2) is 4.98 Å². The van der Waals surface area contributed by atoms with Crippen molar-refractivity contribution in [3.05, 3.63) is 16.1 Å². The first-order chi connectivity index (χ1) is 9.04. The monoisotopic (exact) mass is 318 g/mol. The lowest BCUT2D eigenvalue weighted by atomic mass is 9.99. The minimum absolute atomic E-state index is 0. The number of nitrogens with two attached hydrogens (primary N) is 1. The molecule has 0 radical (unpaired) electrons. The molecule has 1 saturated heterocycles. The summed E-state index contributed by atoms with van der Waals surface area (Å²) in [5.74, 6) is -0.217. The Balaban J connectivity index is 0.00000200. The predicted molar refractivity (Wildman–Crippen MR) is 79.9 cm³/mol. The summed E-state index contributed by atoms with van der Waals surface area (Å²) >= 11 is 1.37. The second-order valence-electron chi connectivity index (χ2n) is 4.81. The summed E-state index contributed by atoms with van der Waals surface area (Å²) in [6.45, 7) is 5.20. The fraction of sp³-hybridized carbons (Fsp3) is 0.583. The molecule has 1 aromatic heterocycles. The SMILES string of the molecule is CC(C)C1C(=O)NCCN1C(=O)c1csc(CN)n1.Cl. The highest BCUT2D eigenvalue weighted by Gasteiger charge is 2.36. The number of halogens is 1. The summed E-state index contributed by atoms with van der Waals surface area (Å²) < 4.78 is 0. The van der Waals surface area contributed by atoms with Crippen molar-refractivity contribution in [3.63, 3.8) is 0 Å². The average Bonchev–Trinajstić information content (AvgIpc) is 2.85. The molecule has 112 valence electrons. The Morgan fingerprint density at radius 3 is 2.90 bits per heavy atom. The topological polar surface area (TPSA) is 88.3 Å². The number of hydrogen-bond donors (Lipinski definition) is 2. The number of carbonyl (C=O) groups excluding carboxylic acids is 2. The van der Waals surface area contributed by atoms with Crippen LogP contribution < -0.4 is 11.1 Å². The second-order valence-corrected chi connectivity index (χ2v) is 5.75. The molecule has 1 aliphatic heterocycles. The second kappa shape index (κ2) is 7.01. The predicted octanol–water partition coefficient (Wildman–Crippen LogP) is 0.620. The third-order valence-corrected chi connectivity index (χ3v) is 3.97. The van der Waals surface area contributed by atoms with Crippen molar-refractivity contribution in [3.8, 4) is 0 Å². The molecule has 1 aliphatic rings. The Morgan fingerprint density at radius 2 is 2.35 bits per heavy atom. The molecule has 1 aromatic rings. The van der Waals surface area contributed by atoms with Crippen LogP contribution in [0, 0.1) is 5.92 Å². The third-order valence-electron chi connectivity index (χ3n) is 3.09. The van der Waals surface area contributed by atoms with Gasteiger partial charge in [0.25, 0.3) is 5.91 Å². The van der Waals surface area contributed by atoms with E-state index in [0.29, 0.717) is 25.3 Å². The van der Waals surface area contributed by atoms with Gasteiger partial charge in [-0.15, -0.1) is 23.7 Å². The molecule has 0 aromatic carbocycles. The zero-order chi connectivity index (χ0) is 14.0. The lowest BCUT2D eigenvalue weighted by Gasteiger charge is -2.36. The fourth-order valence-corrected chi connectivity index (χ4v) is 2.87. The lowest BCUT2D eigenvalue weighted by molar-refractivity contribution is -0.129. The van der Waals surface area contributed by atoms with Crippen molar-refractivity contribution in [1.82, 2.24) is 15.2 Å². The Morgan fingerprint density at radius 1 is 1.65 bits per heavy atom. The van der Waals surface area contributed by atoms with Crippen LogP contribution in [-0.4, -0.2) is 40.8 Å². The number of piperazine rings is 1. The molecule has 6 nitrogen and oxygen atoms in total. The quantitative estimate of drug-likeness (QED) is 0.855. The van der Waals surface area contributed by atoms with Crippen LogP contribution in [0.2, 0.25) is 0 Å². The molecular formula is C12H19ClN4O2S. The van der Waals surface area contributed by atoms with E-state index in [1.165, 1.54) is 11.3 Å². The number of thiazole rings is 1. The van der Waals surface area contributed by atoms with Gasteiger partial charge in [0.1, 0.15) is 16.7 Å². The van der Waals surface area contributed by atoms with Crippen molar-refractivity contribution in [1.29, 1.82) is 0 Å². The maximum atomic E-state index is 12.4. The summed E-state index contributed by atoms with van der Waals surface area (Å²) in [6.07, 6.45) is 0. The Bertz CT molecular complexity index is 492. The van der Waals surface area contributed by atoms with Gasteiger partial charge in [-0.1, -0.05) is 13.8 Å². The summed E-state index contributed by atoms with van der Waals surface area (Å²) in [5.41, 5.74) is 5.88. The zero-order valence-electron chi connectivity index (χ0n) is 11.5. The van der Waals surface area contributed by atoms with E-state index in [9.17, 15) is 9.59 Å². The minimum Gasteiger partial charge on any atom is -0.353 e. The Kier molecular flexibility index (Phi) is 5.91. The molecule has 2 rings (SSSR count). The normalized spacial score (nSPS) is 18.7. The van der Waals surface area contributed by atoms with Gasteiger partial charge in [0.2, 0.25) is 5.91 Å². The first kappa shape index (κ1) is 16.9. The van der Waals surface area contributed by atoms with Crippen molar-refractivity contribution in [2.75, 3.05) is 13.1 Å². The van der Waals surface area contributed by atoms with E-state index in [2.05, 4.69) is 10.3 Å². The maximum absolute atomic E-state index is 12.4. The van der Waals surface area contributed by atoms with Gasteiger partial charge in [-0.3, -0.25) is 9.59 Å². The average molecular weight is 319 g/mol. The van der Waals surface area contributed by atoms with E-state index < -0.39 is 6.04 Å². The van der Waals surface area contributed by atoms with Gasteiger partial charge >= 0.3 is 0 Å². The zero-order valence-corrected chi connectivity index (χ0v) is 13.1. The highest BCUT2D eigenvalue weighted by atomic mass is 35.5. The molecule has 3 N–H and O–H groups in total. The number of nitrogens with one attached hydrogen (secondary N) is 1. The van der Waals surface area contributed by atoms with Gasteiger partial charge in [-0.05, 0) is 5.92 Å². The largest absolute Gasteiger partial charge is 0.353 e. The van der Waals surface area contributed by atoms with Gasteiger partial charge in [0.05, 0.1) is 0 Å². The van der Waals surface area contributed by atoms with E-state index >= 15 is 0 Å². The van der Waals surface area contributed by atoms with Crippen LogP contribution in [-0.2, 0) is 11.3 Å². The molecule has 20 heavy (non-hydrogen) atoms. The number of aromatic nitrogens is 1. The fourth-order valence-electron chi connectivity index (χ4n) is 2.23. The van der Waals surface area contributed by atoms with Crippen molar-refractivity contribution < 1.29 is 9.59 Å². The van der Waals surface area contributed by atoms with Crippen LogP contribution in [0.15, 0.2) is 5.38 Å². The molecule has 0 spiro atoms. The van der Waals surface area contributed by atoms with E-state index in [-0.39, 0.29) is 30.1 Å². The smallest absolute Gasteiger partial charge is 0.274 e. The molecule has 1 atom stereocenters. The Labute approximate surface area is 128 Å². The molecular weight excluding hydrogens is 300 g/mol. The van der Waals surface area contributed by atoms with Gasteiger partial charge in [0.15, 0.2) is 0 Å². The van der Waals surface area contributed by atoms with Crippen molar-refractivity contribution >= 4 is 35.6 Å². The number of hydrogen-bond acceptors (Lipinski definition) is 5. The van der Waals surface area contributed by atoms with Crippen LogP contribution in [0.4, 0.5) is 0 Å². The van der Waals surface area contributed by atoms with Crippen LogP contribution in [0.3, 0.4) is 0 Å². The van der Waals surface area contributed by atoms with E-state index in [1.807, 2.05) is 13.8 Å². The lowest BCUT2D eigenvalue weighted by Crippen LogP contribution is -2.59. The summed E-state index contributed by atoms with van der Waals surface area (Å²) in [4.78, 5) is 30.1. The van der Waals surface area contributed by atoms with Crippen LogP contribution in [0.25, 0.3) is 0 Å².